The summed E-state index contributed by atoms with van der Waals surface area (Å²) in [5.74, 6) is -1.36. The zero-order valence-electron chi connectivity index (χ0n) is 16.5. The Morgan fingerprint density at radius 3 is 2.71 bits per heavy atom. The van der Waals surface area contributed by atoms with E-state index in [-0.39, 0.29) is 23.2 Å². The number of carbonyl (C=O) groups is 1. The van der Waals surface area contributed by atoms with Crippen LogP contribution in [0.2, 0.25) is 0 Å². The van der Waals surface area contributed by atoms with Gasteiger partial charge in [0.1, 0.15) is 23.7 Å². The van der Waals surface area contributed by atoms with Crippen molar-refractivity contribution in [3.8, 4) is 5.75 Å². The van der Waals surface area contributed by atoms with E-state index in [0.717, 1.165) is 12.5 Å². The van der Waals surface area contributed by atoms with Crippen LogP contribution in [0.15, 0.2) is 41.0 Å². The monoisotopic (exact) mass is 447 g/mol. The maximum atomic E-state index is 15.0. The Labute approximate surface area is 177 Å². The summed E-state index contributed by atoms with van der Waals surface area (Å²) < 4.78 is 50.6. The molecule has 1 N–H and O–H groups in total. The van der Waals surface area contributed by atoms with E-state index in [0.29, 0.717) is 28.3 Å². The lowest BCUT2D eigenvalue weighted by Gasteiger charge is -2.18. The van der Waals surface area contributed by atoms with Crippen molar-refractivity contribution in [2.75, 3.05) is 11.5 Å². The van der Waals surface area contributed by atoms with Gasteiger partial charge in [0.05, 0.1) is 32.0 Å². The van der Waals surface area contributed by atoms with Gasteiger partial charge in [-0.25, -0.2) is 27.8 Å². The lowest BCUT2D eigenvalue weighted by molar-refractivity contribution is -0.144. The Kier molecular flexibility index (Phi) is 5.57. The predicted molar refractivity (Wildman–Crippen MR) is 111 cm³/mol. The number of hydrogen-bond acceptors (Lipinski definition) is 6. The lowest BCUT2D eigenvalue weighted by atomic mass is 10.0. The molecule has 2 aromatic carbocycles. The molecule has 0 unspecified atom stereocenters. The van der Waals surface area contributed by atoms with Crippen LogP contribution < -0.4 is 4.74 Å². The lowest BCUT2D eigenvalue weighted by Crippen LogP contribution is -2.23. The van der Waals surface area contributed by atoms with Crippen molar-refractivity contribution in [2.45, 2.75) is 25.9 Å². The largest absolute Gasteiger partial charge is 0.479 e. The maximum Gasteiger partial charge on any atom is 0.344 e. The predicted octanol–water partition coefficient (Wildman–Crippen LogP) is 3.85. The Hall–Kier alpha value is -3.14. The second kappa shape index (κ2) is 8.18. The van der Waals surface area contributed by atoms with Gasteiger partial charge in [-0.3, -0.25) is 0 Å². The smallest absolute Gasteiger partial charge is 0.344 e. The molecule has 162 valence electrons. The Morgan fingerprint density at radius 1 is 1.26 bits per heavy atom. The molecular weight excluding hydrogens is 428 g/mol. The number of nitrogens with zero attached hydrogens (tertiary/aromatic N) is 3. The molecule has 0 bridgehead atoms. The molecule has 1 saturated heterocycles. The van der Waals surface area contributed by atoms with Gasteiger partial charge in [-0.05, 0) is 25.5 Å². The number of carboxylic acids is 1. The fourth-order valence-electron chi connectivity index (χ4n) is 3.26. The highest BCUT2D eigenvalue weighted by Gasteiger charge is 2.21. The number of aromatic nitrogens is 2. The van der Waals surface area contributed by atoms with Gasteiger partial charge >= 0.3 is 5.97 Å². The van der Waals surface area contributed by atoms with Crippen molar-refractivity contribution < 1.29 is 27.6 Å². The van der Waals surface area contributed by atoms with E-state index < -0.39 is 33.4 Å². The normalized spacial score (nSPS) is 15.8. The van der Waals surface area contributed by atoms with Crippen molar-refractivity contribution in [2.24, 2.45) is 4.36 Å². The molecule has 2 heterocycles. The summed E-state index contributed by atoms with van der Waals surface area (Å²) in [6.45, 7) is 1.33. The summed E-state index contributed by atoms with van der Waals surface area (Å²) in [7, 11) is -2.30. The molecule has 0 radical (unpaired) electrons. The van der Waals surface area contributed by atoms with E-state index >= 15 is 0 Å². The van der Waals surface area contributed by atoms with Crippen LogP contribution in [0.5, 0.6) is 5.75 Å². The van der Waals surface area contributed by atoms with Crippen LogP contribution in [0.4, 0.5) is 14.5 Å². The van der Waals surface area contributed by atoms with Crippen LogP contribution in [-0.4, -0.2) is 42.9 Å². The summed E-state index contributed by atoms with van der Waals surface area (Å²) >= 11 is 0. The molecule has 10 heteroatoms. The number of ether oxygens (including phenoxy) is 1. The van der Waals surface area contributed by atoms with Gasteiger partial charge < -0.3 is 9.84 Å². The van der Waals surface area contributed by atoms with Gasteiger partial charge in [-0.15, -0.1) is 0 Å². The third-order valence-corrected chi connectivity index (χ3v) is 7.39. The Morgan fingerprint density at radius 2 is 2.03 bits per heavy atom. The minimum atomic E-state index is -2.30. The Balaban J connectivity index is 1.74. The van der Waals surface area contributed by atoms with E-state index in [9.17, 15) is 17.8 Å². The molecule has 1 aromatic heterocycles. The molecule has 3 aromatic rings. The van der Waals surface area contributed by atoms with Gasteiger partial charge in [0.15, 0.2) is 6.10 Å². The first-order valence-corrected chi connectivity index (χ1v) is 11.4. The van der Waals surface area contributed by atoms with E-state index in [1.165, 1.54) is 31.5 Å². The highest BCUT2D eigenvalue weighted by Crippen LogP contribution is 2.31. The van der Waals surface area contributed by atoms with Crippen LogP contribution >= 0.6 is 0 Å². The third kappa shape index (κ3) is 4.48. The number of benzene rings is 2. The summed E-state index contributed by atoms with van der Waals surface area (Å²) in [6, 6.07) is 6.49. The number of carboxylic acid groups (broad SMARTS) is 1. The molecule has 1 atom stereocenters. The van der Waals surface area contributed by atoms with Gasteiger partial charge in [-0.2, -0.15) is 4.36 Å². The second-order valence-corrected chi connectivity index (χ2v) is 9.84. The second-order valence-electron chi connectivity index (χ2n) is 7.29. The molecule has 31 heavy (non-hydrogen) atoms. The van der Waals surface area contributed by atoms with Crippen molar-refractivity contribution in [3.63, 3.8) is 0 Å². The van der Waals surface area contributed by atoms with Crippen molar-refractivity contribution in [1.29, 1.82) is 0 Å². The van der Waals surface area contributed by atoms with Crippen molar-refractivity contribution >= 4 is 32.3 Å². The first kappa shape index (κ1) is 21.1. The van der Waals surface area contributed by atoms with Crippen LogP contribution in [0.1, 0.15) is 24.6 Å². The highest BCUT2D eigenvalue weighted by molar-refractivity contribution is 7.95. The average Bonchev–Trinajstić information content (AvgIpc) is 2.68. The first-order chi connectivity index (χ1) is 14.7. The zero-order valence-corrected chi connectivity index (χ0v) is 17.4. The molecule has 7 nitrogen and oxygen atoms in total. The number of hydrogen-bond donors (Lipinski definition) is 1. The van der Waals surface area contributed by atoms with Gasteiger partial charge in [0.25, 0.3) is 0 Å². The number of halogens is 2. The summed E-state index contributed by atoms with van der Waals surface area (Å²) in [5.41, 5.74) is 1.33. The van der Waals surface area contributed by atoms with E-state index in [1.54, 1.807) is 6.07 Å². The molecule has 0 spiro atoms. The molecule has 1 aliphatic heterocycles. The molecule has 0 aliphatic carbocycles. The number of fused-ring (bicyclic) bond motifs is 1. The van der Waals surface area contributed by atoms with Crippen LogP contribution in [-0.2, 0) is 20.9 Å². The molecule has 4 rings (SSSR count). The highest BCUT2D eigenvalue weighted by atomic mass is 32.2. The third-order valence-electron chi connectivity index (χ3n) is 4.99. The van der Waals surface area contributed by atoms with E-state index in [4.69, 9.17) is 9.84 Å². The first-order valence-electron chi connectivity index (χ1n) is 9.58. The van der Waals surface area contributed by atoms with E-state index in [2.05, 4.69) is 14.3 Å². The van der Waals surface area contributed by atoms with Crippen molar-refractivity contribution in [1.82, 2.24) is 9.97 Å². The molecule has 1 fully saturated rings. The van der Waals surface area contributed by atoms with Crippen LogP contribution in [0.25, 0.3) is 10.9 Å². The quantitative estimate of drug-likeness (QED) is 0.616. The molecular formula is C21H19F2N3O4S. The summed E-state index contributed by atoms with van der Waals surface area (Å²) in [6.07, 6.45) is 0.976. The fraction of sp³-hybridized carbons (Fsp3) is 0.286. The molecule has 0 saturated carbocycles. The molecule has 0 amide bonds. The zero-order chi connectivity index (χ0) is 22.2. The summed E-state index contributed by atoms with van der Waals surface area (Å²) in [5, 5.41) is 9.24. The molecule has 1 aliphatic rings. The van der Waals surface area contributed by atoms with Crippen molar-refractivity contribution in [3.05, 3.63) is 59.6 Å². The van der Waals surface area contributed by atoms with Crippen LogP contribution in [0.3, 0.4) is 0 Å². The average molecular weight is 447 g/mol. The maximum absolute atomic E-state index is 15.0. The minimum Gasteiger partial charge on any atom is -0.479 e. The van der Waals surface area contributed by atoms with Crippen LogP contribution in [0, 0.1) is 11.6 Å². The SMILES string of the molecule is C[C@@H](Oc1cc(F)ccc1Cc1ncnc2cc(N=S3(=O)CCC3)cc(F)c12)C(=O)O. The van der Waals surface area contributed by atoms with Gasteiger partial charge in [0.2, 0.25) is 0 Å². The standard InChI is InChI=1S/C21H19F2N3O4S/c1-12(21(27)28)30-19-8-14(22)4-3-13(19)7-17-20-16(23)9-15(10-18(20)25-11-24-17)26-31(29)5-2-6-31/h3-4,8-12H,2,5-7H2,1H3,(H,27,28)/t12-/m1/s1. The fourth-order valence-corrected chi connectivity index (χ4v) is 4.71. The van der Waals surface area contributed by atoms with Gasteiger partial charge in [0, 0.05) is 35.6 Å². The topological polar surface area (TPSA) is 102 Å². The minimum absolute atomic E-state index is 0.0376. The Bertz CT molecular complexity index is 1300. The van der Waals surface area contributed by atoms with Gasteiger partial charge in [-0.1, -0.05) is 6.07 Å². The summed E-state index contributed by atoms with van der Waals surface area (Å²) in [4.78, 5) is 19.4. The van der Waals surface area contributed by atoms with E-state index in [1.807, 2.05) is 0 Å². The number of rotatable bonds is 6. The number of aliphatic carboxylic acids is 1.